The average Bonchev–Trinajstić information content (AvgIpc) is 1.80. The number of rotatable bonds is 3. The van der Waals surface area contributed by atoms with E-state index in [0.717, 1.165) is 6.08 Å². The van der Waals surface area contributed by atoms with Crippen molar-refractivity contribution in [3.63, 3.8) is 0 Å². The van der Waals surface area contributed by atoms with E-state index in [0.29, 0.717) is 0 Å². The van der Waals surface area contributed by atoms with Crippen LogP contribution in [0.5, 0.6) is 0 Å². The number of allylic oxidation sites excluding steroid dienone is 4. The van der Waals surface area contributed by atoms with Crippen LogP contribution in [0.25, 0.3) is 0 Å². The summed E-state index contributed by atoms with van der Waals surface area (Å²) in [6.45, 7) is 3.41. The molecule has 0 aliphatic rings. The topological polar surface area (TPSA) is 37.3 Å². The molecular weight excluding hydrogens is 116 g/mol. The lowest BCUT2D eigenvalue weighted by molar-refractivity contribution is -0.131. The van der Waals surface area contributed by atoms with Gasteiger partial charge in [-0.05, 0) is 0 Å². The molecule has 0 aliphatic carbocycles. The second-order valence-electron chi connectivity index (χ2n) is 1.32. The zero-order valence-electron chi connectivity index (χ0n) is 4.95. The van der Waals surface area contributed by atoms with Gasteiger partial charge in [0.25, 0.3) is 0 Å². The van der Waals surface area contributed by atoms with Gasteiger partial charge in [-0.2, -0.15) is 0 Å². The molecule has 0 unspecified atom stereocenters. The quantitative estimate of drug-likeness (QED) is 0.455. The molecule has 0 spiro atoms. The summed E-state index contributed by atoms with van der Waals surface area (Å²) in [7, 11) is 0. The lowest BCUT2D eigenvalue weighted by Gasteiger charge is -1.72. The van der Waals surface area contributed by atoms with Crippen LogP contribution in [-0.4, -0.2) is 11.1 Å². The van der Waals surface area contributed by atoms with Crippen molar-refractivity contribution in [1.82, 2.24) is 0 Å². The molecule has 0 amide bonds. The molecule has 9 heavy (non-hydrogen) atoms. The third-order valence-corrected chi connectivity index (χ3v) is 0.597. The van der Waals surface area contributed by atoms with E-state index in [1.165, 1.54) is 6.08 Å². The van der Waals surface area contributed by atoms with E-state index in [1.54, 1.807) is 18.2 Å². The second-order valence-corrected chi connectivity index (χ2v) is 1.32. The van der Waals surface area contributed by atoms with Gasteiger partial charge in [-0.25, -0.2) is 4.79 Å². The zero-order valence-corrected chi connectivity index (χ0v) is 4.95. The molecule has 0 saturated heterocycles. The van der Waals surface area contributed by atoms with Gasteiger partial charge in [0.15, 0.2) is 0 Å². The molecule has 0 aromatic heterocycles. The van der Waals surface area contributed by atoms with Crippen molar-refractivity contribution in [2.24, 2.45) is 0 Å². The van der Waals surface area contributed by atoms with Crippen LogP contribution < -0.4 is 0 Å². The minimum absolute atomic E-state index is 0.941. The van der Waals surface area contributed by atoms with Gasteiger partial charge in [-0.15, -0.1) is 0 Å². The van der Waals surface area contributed by atoms with E-state index in [2.05, 4.69) is 6.58 Å². The highest BCUT2D eigenvalue weighted by atomic mass is 16.4. The van der Waals surface area contributed by atoms with E-state index in [1.807, 2.05) is 0 Å². The summed E-state index contributed by atoms with van der Waals surface area (Å²) < 4.78 is 0. The maximum absolute atomic E-state index is 9.82. The number of carbonyl (C=O) groups is 1. The maximum atomic E-state index is 9.82. The molecule has 1 N–H and O–H groups in total. The molecule has 0 aromatic carbocycles. The molecule has 2 heteroatoms. The fourth-order valence-corrected chi connectivity index (χ4v) is 0.281. The molecule has 0 radical (unpaired) electrons. The van der Waals surface area contributed by atoms with E-state index >= 15 is 0 Å². The summed E-state index contributed by atoms with van der Waals surface area (Å²) in [4.78, 5) is 9.82. The molecule has 2 nitrogen and oxygen atoms in total. The maximum Gasteiger partial charge on any atom is 0.328 e. The van der Waals surface area contributed by atoms with Crippen LogP contribution in [0.2, 0.25) is 0 Å². The fraction of sp³-hybridized carbons (Fsp3) is 0. The van der Waals surface area contributed by atoms with Crippen LogP contribution in [0, 0.1) is 0 Å². The van der Waals surface area contributed by atoms with Gasteiger partial charge in [-0.1, -0.05) is 30.9 Å². The van der Waals surface area contributed by atoms with Crippen LogP contribution >= 0.6 is 0 Å². The van der Waals surface area contributed by atoms with Crippen molar-refractivity contribution in [2.75, 3.05) is 0 Å². The van der Waals surface area contributed by atoms with Gasteiger partial charge >= 0.3 is 5.97 Å². The van der Waals surface area contributed by atoms with Crippen molar-refractivity contribution in [3.8, 4) is 0 Å². The van der Waals surface area contributed by atoms with Gasteiger partial charge < -0.3 is 5.11 Å². The Bertz CT molecular complexity index is 154. The van der Waals surface area contributed by atoms with Crippen molar-refractivity contribution >= 4 is 5.97 Å². The van der Waals surface area contributed by atoms with Gasteiger partial charge in [0.05, 0.1) is 0 Å². The molecule has 0 aromatic rings. The van der Waals surface area contributed by atoms with E-state index in [4.69, 9.17) is 5.11 Å². The van der Waals surface area contributed by atoms with Gasteiger partial charge in [0, 0.05) is 6.08 Å². The van der Waals surface area contributed by atoms with Gasteiger partial charge in [0.1, 0.15) is 0 Å². The minimum atomic E-state index is -0.941. The van der Waals surface area contributed by atoms with E-state index in [-0.39, 0.29) is 0 Å². The highest BCUT2D eigenvalue weighted by Crippen LogP contribution is 1.76. The number of aliphatic carboxylic acids is 1. The van der Waals surface area contributed by atoms with Crippen LogP contribution in [-0.2, 0) is 4.79 Å². The Kier molecular flexibility index (Phi) is 4.14. The second kappa shape index (κ2) is 4.84. The summed E-state index contributed by atoms with van der Waals surface area (Å²) in [5.74, 6) is -0.941. The predicted octanol–water partition coefficient (Wildman–Crippen LogP) is 1.37. The van der Waals surface area contributed by atoms with Crippen LogP contribution in [0.1, 0.15) is 0 Å². The first kappa shape index (κ1) is 7.69. The Labute approximate surface area is 53.8 Å². The normalized spacial score (nSPS) is 10.7. The van der Waals surface area contributed by atoms with Crippen LogP contribution in [0.15, 0.2) is 37.0 Å². The van der Waals surface area contributed by atoms with Crippen molar-refractivity contribution in [3.05, 3.63) is 37.0 Å². The first-order valence-electron chi connectivity index (χ1n) is 2.46. The monoisotopic (exact) mass is 124 g/mol. The Morgan fingerprint density at radius 2 is 2.00 bits per heavy atom. The Morgan fingerprint density at radius 3 is 2.44 bits per heavy atom. The predicted molar refractivity (Wildman–Crippen MR) is 36.1 cm³/mol. The van der Waals surface area contributed by atoms with Crippen molar-refractivity contribution < 1.29 is 9.90 Å². The Balaban J connectivity index is 3.59. The van der Waals surface area contributed by atoms with Gasteiger partial charge in [0.2, 0.25) is 0 Å². The molecule has 0 bridgehead atoms. The smallest absolute Gasteiger partial charge is 0.328 e. The average molecular weight is 124 g/mol. The largest absolute Gasteiger partial charge is 0.478 e. The Hall–Kier alpha value is -1.31. The lowest BCUT2D eigenvalue weighted by atomic mass is 10.4. The van der Waals surface area contributed by atoms with Crippen LogP contribution in [0.3, 0.4) is 0 Å². The number of hydrogen-bond acceptors (Lipinski definition) is 1. The highest BCUT2D eigenvalue weighted by Gasteiger charge is 1.78. The van der Waals surface area contributed by atoms with Crippen molar-refractivity contribution in [2.45, 2.75) is 0 Å². The Morgan fingerprint density at radius 1 is 1.33 bits per heavy atom. The summed E-state index contributed by atoms with van der Waals surface area (Å²) >= 11 is 0. The zero-order chi connectivity index (χ0) is 7.11. The summed E-state index contributed by atoms with van der Waals surface area (Å²) in [6.07, 6.45) is 7.32. The summed E-state index contributed by atoms with van der Waals surface area (Å²) in [5, 5.41) is 8.07. The molecule has 0 rings (SSSR count). The molecule has 0 aliphatic heterocycles. The first-order chi connectivity index (χ1) is 4.27. The SMILES string of the molecule is C=C/C=C\C=C\C(=O)O. The molecule has 0 atom stereocenters. The van der Waals surface area contributed by atoms with Gasteiger partial charge in [-0.3, -0.25) is 0 Å². The third kappa shape index (κ3) is 6.69. The lowest BCUT2D eigenvalue weighted by Crippen LogP contribution is -1.83. The molecule has 0 heterocycles. The molecule has 0 fully saturated rings. The minimum Gasteiger partial charge on any atom is -0.478 e. The molecule has 48 valence electrons. The van der Waals surface area contributed by atoms with E-state index in [9.17, 15) is 4.79 Å². The van der Waals surface area contributed by atoms with E-state index < -0.39 is 5.97 Å². The first-order valence-corrected chi connectivity index (χ1v) is 2.46. The molecule has 0 saturated carbocycles. The third-order valence-electron chi connectivity index (χ3n) is 0.597. The van der Waals surface area contributed by atoms with Crippen LogP contribution in [0.4, 0.5) is 0 Å². The number of hydrogen-bond donors (Lipinski definition) is 1. The summed E-state index contributed by atoms with van der Waals surface area (Å²) in [5.41, 5.74) is 0. The number of carboxylic acid groups (broad SMARTS) is 1. The molecular formula is C7H8O2. The highest BCUT2D eigenvalue weighted by molar-refractivity contribution is 5.80. The van der Waals surface area contributed by atoms with Crippen molar-refractivity contribution in [1.29, 1.82) is 0 Å². The fourth-order valence-electron chi connectivity index (χ4n) is 0.281. The summed E-state index contributed by atoms with van der Waals surface area (Å²) in [6, 6.07) is 0. The number of carboxylic acids is 1. The standard InChI is InChI=1S/C7H8O2/c1-2-3-4-5-6-7(8)9/h2-6H,1H2,(H,8,9)/b4-3-,6-5+.